The minimum absolute atomic E-state index is 0.266. The van der Waals surface area contributed by atoms with Crippen LogP contribution in [0, 0.1) is 0 Å². The van der Waals surface area contributed by atoms with Crippen molar-refractivity contribution in [1.29, 1.82) is 0 Å². The molecule has 6 nitrogen and oxygen atoms in total. The van der Waals surface area contributed by atoms with Gasteiger partial charge in [-0.1, -0.05) is 35.4 Å². The second kappa shape index (κ2) is 5.85. The van der Waals surface area contributed by atoms with E-state index in [0.717, 1.165) is 5.56 Å². The quantitative estimate of drug-likeness (QED) is 0.487. The molecule has 2 aliphatic rings. The molecule has 1 saturated carbocycles. The molecule has 5 atom stereocenters. The van der Waals surface area contributed by atoms with Crippen molar-refractivity contribution >= 4 is 0 Å². The fourth-order valence-corrected chi connectivity index (χ4v) is 3.03. The number of rotatable bonds is 4. The Kier molecular flexibility index (Phi) is 4.06. The Balaban J connectivity index is 1.76. The van der Waals surface area contributed by atoms with Gasteiger partial charge in [0.25, 0.3) is 0 Å². The van der Waals surface area contributed by atoms with E-state index in [4.69, 9.17) is 19.7 Å². The van der Waals surface area contributed by atoms with Crippen LogP contribution in [-0.2, 0) is 20.8 Å². The number of nitrogens with zero attached hydrogens (tertiary/aromatic N) is 3. The standard InChI is InChI=1S/C15H18FN3O3/c1-15(2)21-13-11(18-19-17)10(16)12(14(13)22-15)20-8-9-6-4-3-5-7-9/h3-7,10-14H,8H2,1-2H3/t10-,11+,12-,13-,14+/m0/s1. The number of fused-ring (bicyclic) bond motifs is 1. The summed E-state index contributed by atoms with van der Waals surface area (Å²) in [4.78, 5) is 2.72. The van der Waals surface area contributed by atoms with Crippen molar-refractivity contribution in [2.75, 3.05) is 0 Å². The van der Waals surface area contributed by atoms with Crippen LogP contribution >= 0.6 is 0 Å². The molecule has 0 aromatic heterocycles. The Hall–Kier alpha value is -1.66. The number of benzene rings is 1. The van der Waals surface area contributed by atoms with Gasteiger partial charge in [-0.05, 0) is 24.9 Å². The maximum absolute atomic E-state index is 14.6. The molecule has 1 aromatic carbocycles. The molecule has 3 rings (SSSR count). The Morgan fingerprint density at radius 1 is 1.27 bits per heavy atom. The van der Waals surface area contributed by atoms with Gasteiger partial charge >= 0.3 is 0 Å². The van der Waals surface area contributed by atoms with Crippen LogP contribution < -0.4 is 0 Å². The summed E-state index contributed by atoms with van der Waals surface area (Å²) in [6.07, 6.45) is -3.47. The van der Waals surface area contributed by atoms with Crippen molar-refractivity contribution in [3.8, 4) is 0 Å². The molecule has 1 aliphatic heterocycles. The molecule has 7 heteroatoms. The molecule has 0 amide bonds. The summed E-state index contributed by atoms with van der Waals surface area (Å²) < 4.78 is 31.7. The van der Waals surface area contributed by atoms with Crippen LogP contribution in [0.4, 0.5) is 4.39 Å². The van der Waals surface area contributed by atoms with Gasteiger partial charge < -0.3 is 14.2 Å². The maximum Gasteiger partial charge on any atom is 0.163 e. The molecule has 2 fully saturated rings. The Labute approximate surface area is 127 Å². The zero-order valence-corrected chi connectivity index (χ0v) is 12.4. The Morgan fingerprint density at radius 3 is 2.64 bits per heavy atom. The lowest BCUT2D eigenvalue weighted by molar-refractivity contribution is -0.177. The van der Waals surface area contributed by atoms with E-state index in [1.807, 2.05) is 30.3 Å². The Bertz CT molecular complexity index is 577. The van der Waals surface area contributed by atoms with Crippen LogP contribution in [0.25, 0.3) is 10.4 Å². The van der Waals surface area contributed by atoms with Gasteiger partial charge in [0.2, 0.25) is 0 Å². The average Bonchev–Trinajstić information content (AvgIpc) is 2.91. The van der Waals surface area contributed by atoms with Gasteiger partial charge in [0.1, 0.15) is 30.5 Å². The number of hydrogen-bond donors (Lipinski definition) is 0. The third-order valence-electron chi connectivity index (χ3n) is 3.93. The fourth-order valence-electron chi connectivity index (χ4n) is 3.03. The van der Waals surface area contributed by atoms with Gasteiger partial charge in [-0.3, -0.25) is 0 Å². The summed E-state index contributed by atoms with van der Waals surface area (Å²) in [5.41, 5.74) is 9.58. The normalized spacial score (nSPS) is 35.9. The summed E-state index contributed by atoms with van der Waals surface area (Å²) in [7, 11) is 0. The van der Waals surface area contributed by atoms with Crippen LogP contribution in [0.5, 0.6) is 0 Å². The van der Waals surface area contributed by atoms with Crippen molar-refractivity contribution in [1.82, 2.24) is 0 Å². The molecule has 1 aromatic rings. The molecular weight excluding hydrogens is 289 g/mol. The topological polar surface area (TPSA) is 76.5 Å². The van der Waals surface area contributed by atoms with E-state index in [1.54, 1.807) is 13.8 Å². The SMILES string of the molecule is CC1(C)O[C@@H]2[C@@H](OCc3ccccc3)[C@@H](F)[C@@H](N=[N+]=[N-])[C@@H]2O1. The van der Waals surface area contributed by atoms with Gasteiger partial charge in [-0.25, -0.2) is 4.39 Å². The molecule has 1 saturated heterocycles. The first-order valence-electron chi connectivity index (χ1n) is 7.21. The van der Waals surface area contributed by atoms with E-state index < -0.39 is 36.3 Å². The first-order chi connectivity index (χ1) is 10.5. The lowest BCUT2D eigenvalue weighted by Gasteiger charge is -2.24. The molecule has 0 unspecified atom stereocenters. The summed E-state index contributed by atoms with van der Waals surface area (Å²) in [5, 5.41) is 3.54. The molecule has 0 radical (unpaired) electrons. The zero-order chi connectivity index (χ0) is 15.7. The van der Waals surface area contributed by atoms with Crippen molar-refractivity contribution < 1.29 is 18.6 Å². The molecular formula is C15H18FN3O3. The molecule has 118 valence electrons. The third kappa shape index (κ3) is 2.80. The smallest absolute Gasteiger partial charge is 0.163 e. The largest absolute Gasteiger partial charge is 0.368 e. The van der Waals surface area contributed by atoms with Crippen LogP contribution in [0.3, 0.4) is 0 Å². The molecule has 0 N–H and O–H groups in total. The van der Waals surface area contributed by atoms with Gasteiger partial charge in [-0.15, -0.1) is 0 Å². The third-order valence-corrected chi connectivity index (χ3v) is 3.93. The van der Waals surface area contributed by atoms with E-state index in [2.05, 4.69) is 10.0 Å². The van der Waals surface area contributed by atoms with Crippen molar-refractivity contribution in [2.24, 2.45) is 5.11 Å². The number of hydrogen-bond acceptors (Lipinski definition) is 4. The van der Waals surface area contributed by atoms with Gasteiger partial charge in [0.05, 0.1) is 6.61 Å². The number of halogens is 1. The summed E-state index contributed by atoms with van der Waals surface area (Å²) in [5.74, 6) is -0.840. The first-order valence-corrected chi connectivity index (χ1v) is 7.21. The Morgan fingerprint density at radius 2 is 1.95 bits per heavy atom. The monoisotopic (exact) mass is 307 g/mol. The summed E-state index contributed by atoms with van der Waals surface area (Å²) in [6, 6.07) is 8.56. The van der Waals surface area contributed by atoms with E-state index in [9.17, 15) is 4.39 Å². The lowest BCUT2D eigenvalue weighted by atomic mass is 10.2. The molecule has 0 bridgehead atoms. The summed E-state index contributed by atoms with van der Waals surface area (Å²) >= 11 is 0. The van der Waals surface area contributed by atoms with Gasteiger partial charge in [0, 0.05) is 4.91 Å². The number of alkyl halides is 1. The molecule has 0 spiro atoms. The average molecular weight is 307 g/mol. The second-order valence-corrected chi connectivity index (χ2v) is 5.97. The highest BCUT2D eigenvalue weighted by Crippen LogP contribution is 2.42. The predicted molar refractivity (Wildman–Crippen MR) is 76.7 cm³/mol. The van der Waals surface area contributed by atoms with E-state index >= 15 is 0 Å². The van der Waals surface area contributed by atoms with Crippen LogP contribution in [-0.4, -0.2) is 36.3 Å². The van der Waals surface area contributed by atoms with Crippen molar-refractivity contribution in [3.05, 3.63) is 46.3 Å². The highest BCUT2D eigenvalue weighted by atomic mass is 19.1. The first kappa shape index (κ1) is 15.2. The molecule has 1 heterocycles. The lowest BCUT2D eigenvalue weighted by Crippen LogP contribution is -2.36. The van der Waals surface area contributed by atoms with Gasteiger partial charge in [0.15, 0.2) is 5.79 Å². The van der Waals surface area contributed by atoms with Crippen LogP contribution in [0.1, 0.15) is 19.4 Å². The van der Waals surface area contributed by atoms with E-state index in [0.29, 0.717) is 0 Å². The predicted octanol–water partition coefficient (Wildman–Crippen LogP) is 3.12. The van der Waals surface area contributed by atoms with E-state index in [-0.39, 0.29) is 6.61 Å². The summed E-state index contributed by atoms with van der Waals surface area (Å²) in [6.45, 7) is 3.77. The minimum Gasteiger partial charge on any atom is -0.368 e. The zero-order valence-electron chi connectivity index (χ0n) is 12.4. The number of azide groups is 1. The molecule has 1 aliphatic carbocycles. The maximum atomic E-state index is 14.6. The fraction of sp³-hybridized carbons (Fsp3) is 0.600. The van der Waals surface area contributed by atoms with Crippen molar-refractivity contribution in [3.63, 3.8) is 0 Å². The van der Waals surface area contributed by atoms with Crippen molar-refractivity contribution in [2.45, 2.75) is 56.8 Å². The van der Waals surface area contributed by atoms with Crippen LogP contribution in [0.2, 0.25) is 0 Å². The second-order valence-electron chi connectivity index (χ2n) is 5.97. The van der Waals surface area contributed by atoms with Crippen LogP contribution in [0.15, 0.2) is 35.4 Å². The molecule has 22 heavy (non-hydrogen) atoms. The highest BCUT2D eigenvalue weighted by molar-refractivity contribution is 5.14. The minimum atomic E-state index is -1.45. The van der Waals surface area contributed by atoms with E-state index in [1.165, 1.54) is 0 Å². The number of ether oxygens (including phenoxy) is 3. The highest BCUT2D eigenvalue weighted by Gasteiger charge is 2.60. The van der Waals surface area contributed by atoms with Gasteiger partial charge in [-0.2, -0.15) is 0 Å².